The lowest BCUT2D eigenvalue weighted by Crippen LogP contribution is -2.50. The maximum Gasteiger partial charge on any atom is 0.0647 e. The Hall–Kier alpha value is 0.310. The molecule has 3 unspecified atom stereocenters. The lowest BCUT2D eigenvalue weighted by Gasteiger charge is -2.41. The zero-order valence-corrected chi connectivity index (χ0v) is 12.8. The van der Waals surface area contributed by atoms with Crippen LogP contribution in [0.1, 0.15) is 66.2 Å². The maximum absolute atomic E-state index is 3.91. The largest absolute Gasteiger partial charge is 0.300 e. The molecule has 2 heteroatoms. The molecule has 1 N–H and O–H groups in total. The van der Waals surface area contributed by atoms with Gasteiger partial charge in [-0.05, 0) is 56.1 Å². The van der Waals surface area contributed by atoms with Gasteiger partial charge in [0.05, 0.1) is 4.87 Å². The molecule has 3 atom stereocenters. The standard InChI is InChI=1S/C15H29NS/c1-12-8-11-17-15(16-12)9-5-6-13(7-10-15)14(2,3)4/h12-13,16H,5-11H2,1-4H3. The van der Waals surface area contributed by atoms with Crippen molar-refractivity contribution in [1.29, 1.82) is 0 Å². The third-order valence-corrected chi connectivity index (χ3v) is 6.21. The first kappa shape index (κ1) is 13.7. The van der Waals surface area contributed by atoms with Crippen molar-refractivity contribution in [2.45, 2.75) is 77.1 Å². The van der Waals surface area contributed by atoms with E-state index < -0.39 is 0 Å². The molecule has 100 valence electrons. The molecule has 2 aliphatic rings. The summed E-state index contributed by atoms with van der Waals surface area (Å²) >= 11 is 2.21. The summed E-state index contributed by atoms with van der Waals surface area (Å²) in [6, 6.07) is 0.724. The van der Waals surface area contributed by atoms with Crippen LogP contribution in [0, 0.1) is 11.3 Å². The quantitative estimate of drug-likeness (QED) is 0.687. The van der Waals surface area contributed by atoms with Crippen LogP contribution in [0.5, 0.6) is 0 Å². The highest BCUT2D eigenvalue weighted by molar-refractivity contribution is 8.00. The van der Waals surface area contributed by atoms with Gasteiger partial charge in [0.15, 0.2) is 0 Å². The van der Waals surface area contributed by atoms with Gasteiger partial charge in [-0.3, -0.25) is 0 Å². The Morgan fingerprint density at radius 1 is 1.12 bits per heavy atom. The fourth-order valence-electron chi connectivity index (χ4n) is 3.46. The Morgan fingerprint density at radius 2 is 1.88 bits per heavy atom. The zero-order valence-electron chi connectivity index (χ0n) is 12.0. The van der Waals surface area contributed by atoms with Crippen LogP contribution in [0.2, 0.25) is 0 Å². The van der Waals surface area contributed by atoms with Crippen LogP contribution in [-0.4, -0.2) is 16.7 Å². The average molecular weight is 255 g/mol. The fraction of sp³-hybridized carbons (Fsp3) is 1.00. The number of hydrogen-bond acceptors (Lipinski definition) is 2. The Bertz CT molecular complexity index is 258. The van der Waals surface area contributed by atoms with Gasteiger partial charge in [-0.15, -0.1) is 11.8 Å². The molecule has 2 rings (SSSR count). The van der Waals surface area contributed by atoms with Crippen LogP contribution in [-0.2, 0) is 0 Å². The van der Waals surface area contributed by atoms with Crippen LogP contribution < -0.4 is 5.32 Å². The van der Waals surface area contributed by atoms with Crippen LogP contribution in [0.25, 0.3) is 0 Å². The molecule has 1 aliphatic heterocycles. The molecule has 1 spiro atoms. The normalized spacial score (nSPS) is 40.2. The minimum Gasteiger partial charge on any atom is -0.300 e. The minimum absolute atomic E-state index is 0.428. The van der Waals surface area contributed by atoms with Crippen LogP contribution in [0.15, 0.2) is 0 Å². The average Bonchev–Trinajstić information content (AvgIpc) is 2.40. The van der Waals surface area contributed by atoms with Gasteiger partial charge in [0.2, 0.25) is 0 Å². The highest BCUT2D eigenvalue weighted by Gasteiger charge is 2.38. The summed E-state index contributed by atoms with van der Waals surface area (Å²) in [4.78, 5) is 0.428. The Morgan fingerprint density at radius 3 is 2.53 bits per heavy atom. The van der Waals surface area contributed by atoms with Crippen molar-refractivity contribution in [1.82, 2.24) is 5.32 Å². The van der Waals surface area contributed by atoms with Crippen LogP contribution in [0.4, 0.5) is 0 Å². The van der Waals surface area contributed by atoms with Gasteiger partial charge in [0.1, 0.15) is 0 Å². The summed E-state index contributed by atoms with van der Waals surface area (Å²) in [6.07, 6.45) is 8.36. The van der Waals surface area contributed by atoms with E-state index in [1.807, 2.05) is 0 Å². The molecular weight excluding hydrogens is 226 g/mol. The Kier molecular flexibility index (Phi) is 4.14. The first-order chi connectivity index (χ1) is 7.91. The summed E-state index contributed by atoms with van der Waals surface area (Å²) in [5.41, 5.74) is 0.497. The van der Waals surface area contributed by atoms with Gasteiger partial charge in [-0.2, -0.15) is 0 Å². The fourth-order valence-corrected chi connectivity index (χ4v) is 5.16. The second-order valence-corrected chi connectivity index (χ2v) is 8.65. The molecule has 1 aliphatic carbocycles. The topological polar surface area (TPSA) is 12.0 Å². The SMILES string of the molecule is CC1CCSC2(CCCC(C(C)(C)C)CC2)N1. The summed E-state index contributed by atoms with van der Waals surface area (Å²) in [5, 5.41) is 3.91. The summed E-state index contributed by atoms with van der Waals surface area (Å²) in [6.45, 7) is 9.60. The summed E-state index contributed by atoms with van der Waals surface area (Å²) in [5.74, 6) is 2.27. The van der Waals surface area contributed by atoms with E-state index in [2.05, 4.69) is 44.8 Å². The van der Waals surface area contributed by atoms with Crippen molar-refractivity contribution >= 4 is 11.8 Å². The van der Waals surface area contributed by atoms with Crippen LogP contribution >= 0.6 is 11.8 Å². The molecule has 0 aromatic rings. The highest BCUT2D eigenvalue weighted by Crippen LogP contribution is 2.45. The van der Waals surface area contributed by atoms with Crippen molar-refractivity contribution in [2.24, 2.45) is 11.3 Å². The molecule has 17 heavy (non-hydrogen) atoms. The predicted molar refractivity (Wildman–Crippen MR) is 78.4 cm³/mol. The third-order valence-electron chi connectivity index (χ3n) is 4.69. The lowest BCUT2D eigenvalue weighted by molar-refractivity contribution is 0.211. The van der Waals surface area contributed by atoms with Gasteiger partial charge in [0.25, 0.3) is 0 Å². The van der Waals surface area contributed by atoms with Crippen molar-refractivity contribution in [3.05, 3.63) is 0 Å². The number of nitrogens with one attached hydrogen (secondary N) is 1. The van der Waals surface area contributed by atoms with E-state index >= 15 is 0 Å². The van der Waals surface area contributed by atoms with Crippen molar-refractivity contribution < 1.29 is 0 Å². The lowest BCUT2D eigenvalue weighted by atomic mass is 9.76. The van der Waals surface area contributed by atoms with Gasteiger partial charge >= 0.3 is 0 Å². The number of hydrogen-bond donors (Lipinski definition) is 1. The smallest absolute Gasteiger partial charge is 0.0647 e. The molecule has 1 saturated carbocycles. The highest BCUT2D eigenvalue weighted by atomic mass is 32.2. The molecule has 1 nitrogen and oxygen atoms in total. The first-order valence-corrected chi connectivity index (χ1v) is 8.31. The molecule has 0 bridgehead atoms. The Balaban J connectivity index is 1.99. The van der Waals surface area contributed by atoms with Gasteiger partial charge < -0.3 is 5.32 Å². The van der Waals surface area contributed by atoms with Crippen molar-refractivity contribution in [2.75, 3.05) is 5.75 Å². The molecule has 0 radical (unpaired) electrons. The zero-order chi connectivity index (χ0) is 12.5. The van der Waals surface area contributed by atoms with E-state index in [0.717, 1.165) is 12.0 Å². The summed E-state index contributed by atoms with van der Waals surface area (Å²) < 4.78 is 0. The Labute approximate surface area is 112 Å². The minimum atomic E-state index is 0.428. The van der Waals surface area contributed by atoms with Gasteiger partial charge in [-0.1, -0.05) is 27.2 Å². The molecule has 0 amide bonds. The second kappa shape index (κ2) is 5.13. The number of thioether (sulfide) groups is 1. The molecule has 1 heterocycles. The van der Waals surface area contributed by atoms with Gasteiger partial charge in [-0.25, -0.2) is 0 Å². The van der Waals surface area contributed by atoms with Crippen molar-refractivity contribution in [3.8, 4) is 0 Å². The maximum atomic E-state index is 3.91. The molecule has 2 fully saturated rings. The number of rotatable bonds is 0. The molecular formula is C15H29NS. The van der Waals surface area contributed by atoms with E-state index in [1.165, 1.54) is 44.3 Å². The monoisotopic (exact) mass is 255 g/mol. The van der Waals surface area contributed by atoms with Crippen molar-refractivity contribution in [3.63, 3.8) is 0 Å². The summed E-state index contributed by atoms with van der Waals surface area (Å²) in [7, 11) is 0. The molecule has 1 saturated heterocycles. The van der Waals surface area contributed by atoms with Crippen LogP contribution in [0.3, 0.4) is 0 Å². The molecule has 0 aromatic heterocycles. The van der Waals surface area contributed by atoms with Gasteiger partial charge in [0, 0.05) is 6.04 Å². The second-order valence-electron chi connectivity index (χ2n) is 7.17. The third kappa shape index (κ3) is 3.41. The molecule has 0 aromatic carbocycles. The van der Waals surface area contributed by atoms with E-state index in [0.29, 0.717) is 10.3 Å². The van der Waals surface area contributed by atoms with E-state index in [1.54, 1.807) is 0 Å². The van der Waals surface area contributed by atoms with E-state index in [9.17, 15) is 0 Å². The predicted octanol–water partition coefficient (Wildman–Crippen LogP) is 4.42. The van der Waals surface area contributed by atoms with E-state index in [-0.39, 0.29) is 0 Å². The first-order valence-electron chi connectivity index (χ1n) is 7.33. The van der Waals surface area contributed by atoms with E-state index in [4.69, 9.17) is 0 Å².